The molecule has 2 bridgehead atoms. The number of carboxylic acid groups (broad SMARTS) is 1. The van der Waals surface area contributed by atoms with E-state index < -0.39 is 11.9 Å². The van der Waals surface area contributed by atoms with Crippen LogP contribution in [0.5, 0.6) is 0 Å². The predicted octanol–water partition coefficient (Wildman–Crippen LogP) is 1.41. The van der Waals surface area contributed by atoms with E-state index in [0.717, 1.165) is 38.5 Å². The summed E-state index contributed by atoms with van der Waals surface area (Å²) in [5, 5.41) is 14.3. The van der Waals surface area contributed by atoms with E-state index in [1.165, 1.54) is 18.4 Å². The van der Waals surface area contributed by atoms with Gasteiger partial charge in [-0.25, -0.2) is 0 Å². The van der Waals surface area contributed by atoms with Crippen LogP contribution in [0, 0.1) is 23.7 Å². The molecule has 4 nitrogen and oxygen atoms in total. The minimum atomic E-state index is -1.03. The molecular formula is C17H24NO3-. The molecule has 0 saturated heterocycles. The molecule has 4 heteroatoms. The number of amides is 1. The number of hydrogen-bond acceptors (Lipinski definition) is 3. The fourth-order valence-electron chi connectivity index (χ4n) is 4.60. The Morgan fingerprint density at radius 2 is 1.95 bits per heavy atom. The summed E-state index contributed by atoms with van der Waals surface area (Å²) in [5.41, 5.74) is 1.44. The first-order valence-electron chi connectivity index (χ1n) is 8.33. The molecule has 4 atom stereocenters. The lowest BCUT2D eigenvalue weighted by Gasteiger charge is -2.30. The van der Waals surface area contributed by atoms with Gasteiger partial charge < -0.3 is 15.2 Å². The Kier molecular flexibility index (Phi) is 4.32. The molecule has 116 valence electrons. The van der Waals surface area contributed by atoms with E-state index in [0.29, 0.717) is 6.54 Å². The van der Waals surface area contributed by atoms with Crippen molar-refractivity contribution in [3.63, 3.8) is 0 Å². The summed E-state index contributed by atoms with van der Waals surface area (Å²) >= 11 is 0. The van der Waals surface area contributed by atoms with Gasteiger partial charge in [-0.05, 0) is 63.2 Å². The van der Waals surface area contributed by atoms with Gasteiger partial charge in [-0.1, -0.05) is 11.6 Å². The molecule has 0 aromatic rings. The van der Waals surface area contributed by atoms with Gasteiger partial charge in [0.1, 0.15) is 0 Å². The number of nitrogens with one attached hydrogen (secondary N) is 1. The summed E-state index contributed by atoms with van der Waals surface area (Å²) in [7, 11) is 0. The smallest absolute Gasteiger partial charge is 0.224 e. The summed E-state index contributed by atoms with van der Waals surface area (Å²) < 4.78 is 0. The SMILES string of the molecule is O=C(NCCC1=CCCCC1)[C@@H]1[C@H]2CC[C@@H](C2)[C@@H]1C(=O)[O-]. The zero-order valence-electron chi connectivity index (χ0n) is 12.5. The van der Waals surface area contributed by atoms with Crippen LogP contribution in [-0.4, -0.2) is 18.4 Å². The van der Waals surface area contributed by atoms with E-state index in [1.807, 2.05) is 0 Å². The second kappa shape index (κ2) is 6.20. The van der Waals surface area contributed by atoms with Gasteiger partial charge in [-0.2, -0.15) is 0 Å². The molecule has 1 N–H and O–H groups in total. The molecule has 2 saturated carbocycles. The van der Waals surface area contributed by atoms with Crippen LogP contribution in [0.4, 0.5) is 0 Å². The third-order valence-corrected chi connectivity index (χ3v) is 5.62. The Hall–Kier alpha value is -1.32. The molecule has 1 amide bonds. The lowest BCUT2D eigenvalue weighted by atomic mass is 9.78. The standard InChI is InChI=1S/C17H25NO3/c19-16(18-9-8-11-4-2-1-3-5-11)14-12-6-7-13(10-12)15(14)17(20)21/h4,12-15H,1-3,5-10H2,(H,18,19)(H,20,21)/p-1/t12-,13-,14+,15-/m0/s1. The number of fused-ring (bicyclic) bond motifs is 2. The summed E-state index contributed by atoms with van der Waals surface area (Å²) in [6.45, 7) is 0.637. The van der Waals surface area contributed by atoms with Gasteiger partial charge in [0.2, 0.25) is 5.91 Å². The number of carbonyl (C=O) groups excluding carboxylic acids is 2. The highest BCUT2D eigenvalue weighted by molar-refractivity contribution is 5.85. The molecule has 2 fully saturated rings. The van der Waals surface area contributed by atoms with Gasteiger partial charge >= 0.3 is 0 Å². The van der Waals surface area contributed by atoms with Crippen LogP contribution < -0.4 is 10.4 Å². The Labute approximate surface area is 126 Å². The molecule has 0 unspecified atom stereocenters. The second-order valence-electron chi connectivity index (χ2n) is 6.85. The normalized spacial score (nSPS) is 34.6. The molecule has 3 rings (SSSR count). The van der Waals surface area contributed by atoms with Gasteiger partial charge in [0.15, 0.2) is 0 Å². The Bertz CT molecular complexity index is 457. The maximum atomic E-state index is 12.4. The van der Waals surface area contributed by atoms with Gasteiger partial charge in [0.05, 0.1) is 0 Å². The third-order valence-electron chi connectivity index (χ3n) is 5.62. The molecule has 0 spiro atoms. The molecule has 0 aliphatic heterocycles. The van der Waals surface area contributed by atoms with Gasteiger partial charge in [0.25, 0.3) is 0 Å². The van der Waals surface area contributed by atoms with Crippen LogP contribution in [-0.2, 0) is 9.59 Å². The van der Waals surface area contributed by atoms with Crippen LogP contribution >= 0.6 is 0 Å². The number of allylic oxidation sites excluding steroid dienone is 1. The van der Waals surface area contributed by atoms with E-state index in [-0.39, 0.29) is 23.7 Å². The molecule has 0 aromatic carbocycles. The van der Waals surface area contributed by atoms with Crippen molar-refractivity contribution in [2.75, 3.05) is 6.54 Å². The minimum absolute atomic E-state index is 0.0622. The number of aliphatic carboxylic acids is 1. The first kappa shape index (κ1) is 14.6. The maximum Gasteiger partial charge on any atom is 0.224 e. The van der Waals surface area contributed by atoms with Crippen molar-refractivity contribution in [2.24, 2.45) is 23.7 Å². The average molecular weight is 290 g/mol. The maximum absolute atomic E-state index is 12.4. The molecule has 0 radical (unpaired) electrons. The Balaban J connectivity index is 1.52. The fourth-order valence-corrected chi connectivity index (χ4v) is 4.60. The van der Waals surface area contributed by atoms with Gasteiger partial charge in [-0.3, -0.25) is 4.79 Å². The minimum Gasteiger partial charge on any atom is -0.550 e. The van der Waals surface area contributed by atoms with E-state index >= 15 is 0 Å². The van der Waals surface area contributed by atoms with Crippen LogP contribution in [0.25, 0.3) is 0 Å². The molecule has 0 heterocycles. The largest absolute Gasteiger partial charge is 0.550 e. The van der Waals surface area contributed by atoms with Crippen LogP contribution in [0.3, 0.4) is 0 Å². The molecule has 21 heavy (non-hydrogen) atoms. The highest BCUT2D eigenvalue weighted by Gasteiger charge is 2.51. The van der Waals surface area contributed by atoms with E-state index in [2.05, 4.69) is 11.4 Å². The summed E-state index contributed by atoms with van der Waals surface area (Å²) in [5.74, 6) is -1.58. The molecule has 3 aliphatic carbocycles. The summed E-state index contributed by atoms with van der Waals surface area (Å²) in [4.78, 5) is 23.7. The van der Waals surface area contributed by atoms with Gasteiger partial charge in [0, 0.05) is 24.3 Å². The zero-order valence-corrected chi connectivity index (χ0v) is 12.5. The Morgan fingerprint density at radius 1 is 1.19 bits per heavy atom. The highest BCUT2D eigenvalue weighted by Crippen LogP contribution is 2.52. The van der Waals surface area contributed by atoms with Crippen LogP contribution in [0.1, 0.15) is 51.4 Å². The summed E-state index contributed by atoms with van der Waals surface area (Å²) in [6, 6.07) is 0. The second-order valence-corrected chi connectivity index (χ2v) is 6.85. The van der Waals surface area contributed by atoms with Crippen molar-refractivity contribution in [3.8, 4) is 0 Å². The van der Waals surface area contributed by atoms with Crippen LogP contribution in [0.2, 0.25) is 0 Å². The summed E-state index contributed by atoms with van der Waals surface area (Å²) in [6.07, 6.45) is 10.8. The van der Waals surface area contributed by atoms with Gasteiger partial charge in [-0.15, -0.1) is 0 Å². The fraction of sp³-hybridized carbons (Fsp3) is 0.765. The highest BCUT2D eigenvalue weighted by atomic mass is 16.4. The monoisotopic (exact) mass is 290 g/mol. The van der Waals surface area contributed by atoms with E-state index in [1.54, 1.807) is 0 Å². The lowest BCUT2D eigenvalue weighted by molar-refractivity contribution is -0.314. The first-order valence-corrected chi connectivity index (χ1v) is 8.33. The molecular weight excluding hydrogens is 266 g/mol. The van der Waals surface area contributed by atoms with Crippen molar-refractivity contribution >= 4 is 11.9 Å². The number of rotatable bonds is 5. The first-order chi connectivity index (χ1) is 10.2. The average Bonchev–Trinajstić information content (AvgIpc) is 3.08. The number of hydrogen-bond donors (Lipinski definition) is 1. The van der Waals surface area contributed by atoms with Crippen LogP contribution in [0.15, 0.2) is 11.6 Å². The lowest BCUT2D eigenvalue weighted by Crippen LogP contribution is -2.46. The quantitative estimate of drug-likeness (QED) is 0.778. The van der Waals surface area contributed by atoms with Crippen molar-refractivity contribution in [2.45, 2.75) is 51.4 Å². The van der Waals surface area contributed by atoms with E-state index in [4.69, 9.17) is 0 Å². The van der Waals surface area contributed by atoms with Crippen molar-refractivity contribution < 1.29 is 14.7 Å². The predicted molar refractivity (Wildman–Crippen MR) is 77.0 cm³/mol. The zero-order chi connectivity index (χ0) is 14.8. The number of carbonyl (C=O) groups is 2. The molecule has 3 aliphatic rings. The number of carboxylic acids is 1. The van der Waals surface area contributed by atoms with Crippen molar-refractivity contribution in [1.29, 1.82) is 0 Å². The van der Waals surface area contributed by atoms with Crippen molar-refractivity contribution in [3.05, 3.63) is 11.6 Å². The molecule has 0 aromatic heterocycles. The van der Waals surface area contributed by atoms with Crippen molar-refractivity contribution in [1.82, 2.24) is 5.32 Å². The topological polar surface area (TPSA) is 69.2 Å². The van der Waals surface area contributed by atoms with E-state index in [9.17, 15) is 14.7 Å². The third kappa shape index (κ3) is 2.99. The Morgan fingerprint density at radius 3 is 2.62 bits per heavy atom.